The number of nitrogens with two attached hydrogens (primary N) is 1. The fourth-order valence-corrected chi connectivity index (χ4v) is 2.13. The van der Waals surface area contributed by atoms with Crippen molar-refractivity contribution in [1.29, 1.82) is 0 Å². The lowest BCUT2D eigenvalue weighted by Gasteiger charge is -2.13. The zero-order valence-corrected chi connectivity index (χ0v) is 12.5. The number of rotatable bonds is 5. The van der Waals surface area contributed by atoms with E-state index in [0.29, 0.717) is 5.56 Å². The number of carbonyl (C=O) groups is 1. The molecule has 0 aliphatic heterocycles. The normalized spacial score (nSPS) is 11.3. The van der Waals surface area contributed by atoms with Crippen molar-refractivity contribution < 1.29 is 14.7 Å². The van der Waals surface area contributed by atoms with Crippen LogP contribution in [0.2, 0.25) is 0 Å². The molecule has 0 heterocycles. The lowest BCUT2D eigenvalue weighted by atomic mass is 10.0. The van der Waals surface area contributed by atoms with Crippen molar-refractivity contribution in [3.05, 3.63) is 64.7 Å². The molecule has 0 bridgehead atoms. The van der Waals surface area contributed by atoms with E-state index in [9.17, 15) is 4.79 Å². The van der Waals surface area contributed by atoms with Crippen LogP contribution in [0.3, 0.4) is 0 Å². The van der Waals surface area contributed by atoms with Gasteiger partial charge in [-0.25, -0.2) is 0 Å². The molecule has 0 spiro atoms. The Labute approximate surface area is 129 Å². The Kier molecular flexibility index (Phi) is 4.78. The third-order valence-electron chi connectivity index (χ3n) is 3.33. The van der Waals surface area contributed by atoms with Crippen LogP contribution in [0, 0.1) is 13.8 Å². The van der Waals surface area contributed by atoms with E-state index in [4.69, 9.17) is 15.7 Å². The highest BCUT2D eigenvalue weighted by Crippen LogP contribution is 2.21. The summed E-state index contributed by atoms with van der Waals surface area (Å²) in [5.74, 6) is -0.0157. The number of nitrogens with zero attached hydrogens (tertiary/aromatic N) is 1. The van der Waals surface area contributed by atoms with Crippen LogP contribution in [0.5, 0.6) is 5.75 Å². The molecule has 3 N–H and O–H groups in total. The van der Waals surface area contributed by atoms with Crippen LogP contribution in [-0.2, 0) is 11.4 Å². The molecule has 0 aliphatic rings. The summed E-state index contributed by atoms with van der Waals surface area (Å²) in [6.07, 6.45) is 0. The van der Waals surface area contributed by atoms with Crippen molar-refractivity contribution >= 4 is 11.6 Å². The van der Waals surface area contributed by atoms with Crippen LogP contribution in [0.25, 0.3) is 0 Å². The topological polar surface area (TPSA) is 84.9 Å². The minimum absolute atomic E-state index is 0.180. The molecule has 1 amide bonds. The van der Waals surface area contributed by atoms with Crippen LogP contribution in [0.4, 0.5) is 0 Å². The maximum atomic E-state index is 11.3. The van der Waals surface area contributed by atoms with E-state index in [1.807, 2.05) is 38.1 Å². The van der Waals surface area contributed by atoms with E-state index < -0.39 is 5.91 Å². The number of amides is 1. The first kappa shape index (κ1) is 15.6. The molecular formula is C17H18N2O3. The van der Waals surface area contributed by atoms with E-state index in [1.165, 1.54) is 0 Å². The third kappa shape index (κ3) is 3.44. The Bertz CT molecular complexity index is 724. The summed E-state index contributed by atoms with van der Waals surface area (Å²) in [7, 11) is 0. The van der Waals surface area contributed by atoms with Gasteiger partial charge < -0.3 is 15.7 Å². The predicted molar refractivity (Wildman–Crippen MR) is 84.2 cm³/mol. The highest BCUT2D eigenvalue weighted by molar-refractivity contribution is 6.45. The minimum Gasteiger partial charge on any atom is -0.489 e. The molecule has 0 radical (unpaired) electrons. The van der Waals surface area contributed by atoms with Gasteiger partial charge in [-0.2, -0.15) is 0 Å². The van der Waals surface area contributed by atoms with Crippen molar-refractivity contribution in [2.75, 3.05) is 0 Å². The van der Waals surface area contributed by atoms with Gasteiger partial charge in [0, 0.05) is 5.56 Å². The molecule has 2 rings (SSSR count). The van der Waals surface area contributed by atoms with E-state index in [2.05, 4.69) is 5.16 Å². The first-order chi connectivity index (χ1) is 10.5. The maximum absolute atomic E-state index is 11.3. The Morgan fingerprint density at radius 3 is 2.64 bits per heavy atom. The van der Waals surface area contributed by atoms with Crippen LogP contribution in [0.1, 0.15) is 22.3 Å². The number of hydrogen-bond donors (Lipinski definition) is 2. The molecule has 5 nitrogen and oxygen atoms in total. The van der Waals surface area contributed by atoms with Gasteiger partial charge in [0.15, 0.2) is 5.71 Å². The average Bonchev–Trinajstić information content (AvgIpc) is 2.50. The summed E-state index contributed by atoms with van der Waals surface area (Å²) in [6.45, 7) is 4.20. The van der Waals surface area contributed by atoms with Crippen molar-refractivity contribution in [3.8, 4) is 5.75 Å². The molecule has 0 saturated heterocycles. The van der Waals surface area contributed by atoms with Crippen molar-refractivity contribution in [2.24, 2.45) is 10.9 Å². The third-order valence-corrected chi connectivity index (χ3v) is 3.33. The fraction of sp³-hybridized carbons (Fsp3) is 0.176. The molecule has 0 atom stereocenters. The van der Waals surface area contributed by atoms with E-state index in [0.717, 1.165) is 22.4 Å². The summed E-state index contributed by atoms with van der Waals surface area (Å²) in [4.78, 5) is 11.3. The molecule has 2 aromatic rings. The lowest BCUT2D eigenvalue weighted by molar-refractivity contribution is -0.112. The second-order valence-electron chi connectivity index (χ2n) is 5.03. The van der Waals surface area contributed by atoms with Gasteiger partial charge >= 0.3 is 0 Å². The summed E-state index contributed by atoms with van der Waals surface area (Å²) in [5, 5.41) is 12.0. The van der Waals surface area contributed by atoms with E-state index in [1.54, 1.807) is 18.2 Å². The smallest absolute Gasteiger partial charge is 0.271 e. The highest BCUT2D eigenvalue weighted by atomic mass is 16.5. The predicted octanol–water partition coefficient (Wildman–Crippen LogP) is 2.55. The second-order valence-corrected chi connectivity index (χ2v) is 5.03. The molecule has 5 heteroatoms. The Balaban J connectivity index is 2.27. The Morgan fingerprint density at radius 1 is 1.23 bits per heavy atom. The molecule has 0 aromatic heterocycles. The molecule has 2 aromatic carbocycles. The van der Waals surface area contributed by atoms with Crippen LogP contribution in [0.15, 0.2) is 47.6 Å². The zero-order chi connectivity index (χ0) is 16.1. The van der Waals surface area contributed by atoms with Gasteiger partial charge in [0.2, 0.25) is 0 Å². The summed E-state index contributed by atoms with van der Waals surface area (Å²) in [6, 6.07) is 13.0. The quantitative estimate of drug-likeness (QED) is 0.505. The number of hydrogen-bond acceptors (Lipinski definition) is 4. The molecule has 22 heavy (non-hydrogen) atoms. The molecule has 0 saturated carbocycles. The monoisotopic (exact) mass is 298 g/mol. The first-order valence-electron chi connectivity index (χ1n) is 6.83. The fourth-order valence-electron chi connectivity index (χ4n) is 2.13. The average molecular weight is 298 g/mol. The van der Waals surface area contributed by atoms with Gasteiger partial charge in [0.1, 0.15) is 12.4 Å². The van der Waals surface area contributed by atoms with Gasteiger partial charge in [-0.15, -0.1) is 0 Å². The van der Waals surface area contributed by atoms with Gasteiger partial charge in [-0.05, 0) is 36.6 Å². The van der Waals surface area contributed by atoms with Crippen molar-refractivity contribution in [3.63, 3.8) is 0 Å². The van der Waals surface area contributed by atoms with E-state index >= 15 is 0 Å². The number of benzene rings is 2. The van der Waals surface area contributed by atoms with E-state index in [-0.39, 0.29) is 12.3 Å². The zero-order valence-electron chi connectivity index (χ0n) is 12.5. The molecule has 114 valence electrons. The second kappa shape index (κ2) is 6.76. The first-order valence-corrected chi connectivity index (χ1v) is 6.83. The Morgan fingerprint density at radius 2 is 1.95 bits per heavy atom. The number of ether oxygens (including phenoxy) is 1. The Hall–Kier alpha value is -2.82. The van der Waals surface area contributed by atoms with Crippen molar-refractivity contribution in [2.45, 2.75) is 20.5 Å². The standard InChI is InChI=1S/C17H18N2O3/c1-11-7-8-12(2)15(9-11)22-10-13-5-3-4-6-14(13)16(19-21)17(18)20/h3-9,21H,10H2,1-2H3,(H2,18,20)/b19-16+. The van der Waals surface area contributed by atoms with Crippen LogP contribution >= 0.6 is 0 Å². The highest BCUT2D eigenvalue weighted by Gasteiger charge is 2.15. The number of primary amides is 1. The van der Waals surface area contributed by atoms with Crippen LogP contribution in [-0.4, -0.2) is 16.8 Å². The molecule has 0 unspecified atom stereocenters. The summed E-state index contributed by atoms with van der Waals surface area (Å²) >= 11 is 0. The van der Waals surface area contributed by atoms with Gasteiger partial charge in [0.25, 0.3) is 5.91 Å². The van der Waals surface area contributed by atoms with Gasteiger partial charge in [-0.1, -0.05) is 41.6 Å². The number of oxime groups is 1. The largest absolute Gasteiger partial charge is 0.489 e. The summed E-state index contributed by atoms with van der Waals surface area (Å²) < 4.78 is 5.83. The van der Waals surface area contributed by atoms with Crippen LogP contribution < -0.4 is 10.5 Å². The maximum Gasteiger partial charge on any atom is 0.271 e. The lowest BCUT2D eigenvalue weighted by Crippen LogP contribution is -2.25. The molecule has 0 fully saturated rings. The van der Waals surface area contributed by atoms with Crippen molar-refractivity contribution in [1.82, 2.24) is 0 Å². The van der Waals surface area contributed by atoms with Gasteiger partial charge in [-0.3, -0.25) is 4.79 Å². The molecule has 0 aliphatic carbocycles. The summed E-state index contributed by atoms with van der Waals surface area (Å²) in [5.41, 5.74) is 8.35. The minimum atomic E-state index is -0.790. The van der Waals surface area contributed by atoms with Gasteiger partial charge in [0.05, 0.1) is 0 Å². The number of carbonyl (C=O) groups excluding carboxylic acids is 1. The molecular weight excluding hydrogens is 280 g/mol. The SMILES string of the molecule is Cc1ccc(C)c(OCc2ccccc2/C(=N\O)C(N)=O)c1. The number of aryl methyl sites for hydroxylation is 2.